The van der Waals surface area contributed by atoms with Gasteiger partial charge in [0, 0.05) is 11.8 Å². The van der Waals surface area contributed by atoms with E-state index in [0.717, 1.165) is 4.64 Å². The van der Waals surface area contributed by atoms with Gasteiger partial charge in [0.1, 0.15) is 11.3 Å². The Morgan fingerprint density at radius 1 is 0.882 bits per heavy atom. The molecule has 17 heavy (non-hydrogen) atoms. The maximum Gasteiger partial charge on any atom is 0.119 e. The van der Waals surface area contributed by atoms with E-state index in [9.17, 15) is 20.4 Å². The lowest BCUT2D eigenvalue weighted by Crippen LogP contribution is -2.90. The summed E-state index contributed by atoms with van der Waals surface area (Å²) in [7, 11) is 0. The number of nitrogens with one attached hydrogen (secondary N) is 2. The van der Waals surface area contributed by atoms with Gasteiger partial charge in [-0.15, -0.1) is 0 Å². The number of hydrazine groups is 2. The maximum absolute atomic E-state index is 9.48. The van der Waals surface area contributed by atoms with Crippen LogP contribution < -0.4 is 22.3 Å². The van der Waals surface area contributed by atoms with Crippen LogP contribution >= 0.6 is 11.8 Å². The highest BCUT2D eigenvalue weighted by Crippen LogP contribution is 2.38. The van der Waals surface area contributed by atoms with E-state index < -0.39 is 43.2 Å². The molecule has 2 unspecified atom stereocenters. The molecule has 1 fully saturated rings. The quantitative estimate of drug-likeness (QED) is 0.237. The fraction of sp³-hybridized carbons (Fsp3) is 1.00. The third-order valence-corrected chi connectivity index (χ3v) is 3.51. The molecule has 0 bridgehead atoms. The number of nitrogens with two attached hydrogens (primary N) is 2. The highest BCUT2D eigenvalue weighted by molar-refractivity contribution is 6.12. The summed E-state index contributed by atoms with van der Waals surface area (Å²) in [6.07, 6.45) is 0. The molecule has 1 aliphatic heterocycles. The molecule has 2 atom stereocenters. The van der Waals surface area contributed by atoms with Crippen molar-refractivity contribution in [2.75, 3.05) is 26.4 Å². The summed E-state index contributed by atoms with van der Waals surface area (Å²) in [4.78, 5) is 0. The van der Waals surface area contributed by atoms with Crippen molar-refractivity contribution in [3.63, 3.8) is 0 Å². The standard InChI is InChI=1S/C7H18ClN5O4/c8-13-11-6(9,3-16)5(1-14,2-15)7(10,4-17)12-13/h11-12,14-17H,1-4,9-10H2. The SMILES string of the molecule is NC1(CO)NN(Cl)NC(N)(CO)C1(CO)CO. The second-order valence-electron chi connectivity index (χ2n) is 4.16. The second-order valence-corrected chi connectivity index (χ2v) is 4.50. The summed E-state index contributed by atoms with van der Waals surface area (Å²) in [6.45, 7) is -2.69. The smallest absolute Gasteiger partial charge is 0.119 e. The minimum Gasteiger partial charge on any atom is -0.395 e. The van der Waals surface area contributed by atoms with Crippen LogP contribution in [-0.4, -0.2) is 62.8 Å². The maximum atomic E-state index is 9.48. The third kappa shape index (κ3) is 1.94. The van der Waals surface area contributed by atoms with Crippen molar-refractivity contribution in [3.8, 4) is 0 Å². The fourth-order valence-electron chi connectivity index (χ4n) is 1.98. The molecule has 0 saturated carbocycles. The molecule has 0 amide bonds. The lowest BCUT2D eigenvalue weighted by Gasteiger charge is -2.59. The molecular weight excluding hydrogens is 254 g/mol. The highest BCUT2D eigenvalue weighted by atomic mass is 35.5. The van der Waals surface area contributed by atoms with E-state index in [0.29, 0.717) is 0 Å². The molecule has 0 aromatic carbocycles. The lowest BCUT2D eigenvalue weighted by molar-refractivity contribution is -0.194. The largest absolute Gasteiger partial charge is 0.395 e. The van der Waals surface area contributed by atoms with E-state index in [-0.39, 0.29) is 0 Å². The molecule has 0 aliphatic carbocycles. The van der Waals surface area contributed by atoms with Crippen LogP contribution in [0.5, 0.6) is 0 Å². The monoisotopic (exact) mass is 271 g/mol. The number of aliphatic hydroxyl groups excluding tert-OH is 4. The van der Waals surface area contributed by atoms with Crippen LogP contribution in [0, 0.1) is 5.41 Å². The van der Waals surface area contributed by atoms with Crippen molar-refractivity contribution in [1.82, 2.24) is 15.5 Å². The van der Waals surface area contributed by atoms with Crippen molar-refractivity contribution in [3.05, 3.63) is 0 Å². The van der Waals surface area contributed by atoms with Crippen LogP contribution in [0.1, 0.15) is 0 Å². The summed E-state index contributed by atoms with van der Waals surface area (Å²) in [5, 5.41) is 37.6. The third-order valence-electron chi connectivity index (χ3n) is 3.34. The van der Waals surface area contributed by atoms with E-state index in [1.807, 2.05) is 0 Å². The van der Waals surface area contributed by atoms with Gasteiger partial charge in [-0.25, -0.2) is 10.9 Å². The first-order valence-electron chi connectivity index (χ1n) is 4.87. The molecule has 0 aromatic rings. The molecule has 1 aliphatic rings. The van der Waals surface area contributed by atoms with Crippen molar-refractivity contribution < 1.29 is 20.4 Å². The van der Waals surface area contributed by atoms with Gasteiger partial charge in [-0.3, -0.25) is 0 Å². The molecule has 10 N–H and O–H groups in total. The average molecular weight is 272 g/mol. The Morgan fingerprint density at radius 2 is 1.24 bits per heavy atom. The van der Waals surface area contributed by atoms with Gasteiger partial charge < -0.3 is 31.9 Å². The average Bonchev–Trinajstić information content (AvgIpc) is 2.29. The van der Waals surface area contributed by atoms with Gasteiger partial charge in [-0.2, -0.15) is 0 Å². The van der Waals surface area contributed by atoms with Gasteiger partial charge in [0.25, 0.3) is 0 Å². The van der Waals surface area contributed by atoms with Crippen molar-refractivity contribution in [2.24, 2.45) is 16.9 Å². The molecule has 1 heterocycles. The Balaban J connectivity index is 3.30. The van der Waals surface area contributed by atoms with E-state index in [2.05, 4.69) is 10.9 Å². The van der Waals surface area contributed by atoms with Crippen LogP contribution in [0.2, 0.25) is 0 Å². The summed E-state index contributed by atoms with van der Waals surface area (Å²) in [5.74, 6) is 0. The summed E-state index contributed by atoms with van der Waals surface area (Å²) >= 11 is 5.65. The van der Waals surface area contributed by atoms with E-state index in [4.69, 9.17) is 23.2 Å². The molecular formula is C7H18ClN5O4. The van der Waals surface area contributed by atoms with Crippen molar-refractivity contribution in [1.29, 1.82) is 0 Å². The number of hydrogen-bond acceptors (Lipinski definition) is 9. The first kappa shape index (κ1) is 15.0. The number of halogens is 1. The van der Waals surface area contributed by atoms with Crippen LogP contribution in [0.4, 0.5) is 0 Å². The van der Waals surface area contributed by atoms with Crippen LogP contribution in [0.3, 0.4) is 0 Å². The Hall–Kier alpha value is -0.0700. The summed E-state index contributed by atoms with van der Waals surface area (Å²) < 4.78 is 0.746. The zero-order chi connectivity index (χ0) is 13.3. The first-order valence-corrected chi connectivity index (χ1v) is 5.21. The number of aliphatic hydroxyl groups is 4. The Morgan fingerprint density at radius 3 is 1.47 bits per heavy atom. The van der Waals surface area contributed by atoms with E-state index in [1.165, 1.54) is 0 Å². The molecule has 10 heteroatoms. The topological polar surface area (TPSA) is 160 Å². The lowest BCUT2D eigenvalue weighted by atomic mass is 9.67. The molecule has 9 nitrogen and oxygen atoms in total. The minimum absolute atomic E-state index is 0.669. The Labute approximate surface area is 103 Å². The number of rotatable bonds is 4. The zero-order valence-electron chi connectivity index (χ0n) is 9.10. The van der Waals surface area contributed by atoms with Gasteiger partial charge in [-0.1, -0.05) is 4.64 Å². The van der Waals surface area contributed by atoms with E-state index >= 15 is 0 Å². The van der Waals surface area contributed by atoms with Gasteiger partial charge in [0.05, 0.1) is 31.8 Å². The highest BCUT2D eigenvalue weighted by Gasteiger charge is 2.64. The van der Waals surface area contributed by atoms with Crippen LogP contribution in [-0.2, 0) is 0 Å². The molecule has 1 saturated heterocycles. The second kappa shape index (κ2) is 4.90. The van der Waals surface area contributed by atoms with Gasteiger partial charge in [0.15, 0.2) is 0 Å². The van der Waals surface area contributed by atoms with Crippen LogP contribution in [0.15, 0.2) is 0 Å². The molecule has 1 rings (SSSR count). The Kier molecular flexibility index (Phi) is 4.32. The number of hydrogen-bond donors (Lipinski definition) is 8. The van der Waals surface area contributed by atoms with Gasteiger partial charge >= 0.3 is 0 Å². The number of nitrogens with zero attached hydrogens (tertiary/aromatic N) is 1. The minimum atomic E-state index is -1.71. The summed E-state index contributed by atoms with van der Waals surface area (Å²) in [6, 6.07) is 0. The molecule has 0 aromatic heterocycles. The van der Waals surface area contributed by atoms with Crippen LogP contribution in [0.25, 0.3) is 0 Å². The van der Waals surface area contributed by atoms with Gasteiger partial charge in [-0.05, 0) is 0 Å². The van der Waals surface area contributed by atoms with Crippen molar-refractivity contribution >= 4 is 11.8 Å². The predicted molar refractivity (Wildman–Crippen MR) is 58.6 cm³/mol. The first-order chi connectivity index (χ1) is 7.84. The molecule has 0 radical (unpaired) electrons. The van der Waals surface area contributed by atoms with Gasteiger partial charge in [0.2, 0.25) is 0 Å². The summed E-state index contributed by atoms with van der Waals surface area (Å²) in [5.41, 5.74) is 11.5. The van der Waals surface area contributed by atoms with Crippen molar-refractivity contribution in [2.45, 2.75) is 11.3 Å². The zero-order valence-corrected chi connectivity index (χ0v) is 9.85. The fourth-order valence-corrected chi connectivity index (χ4v) is 2.28. The molecule has 102 valence electrons. The Bertz CT molecular complexity index is 259. The van der Waals surface area contributed by atoms with E-state index in [1.54, 1.807) is 0 Å². The normalized spacial score (nSPS) is 38.3. The molecule has 0 spiro atoms. The predicted octanol–water partition coefficient (Wildman–Crippen LogP) is -4.27.